The topological polar surface area (TPSA) is 61.9 Å². The van der Waals surface area contributed by atoms with E-state index in [4.69, 9.17) is 4.74 Å². The number of amides is 3. The van der Waals surface area contributed by atoms with Crippen LogP contribution in [0.4, 0.5) is 10.5 Å². The maximum atomic E-state index is 13.4. The van der Waals surface area contributed by atoms with Crippen LogP contribution in [0.25, 0.3) is 0 Å². The van der Waals surface area contributed by atoms with Crippen LogP contribution in [0.2, 0.25) is 0 Å². The predicted octanol–water partition coefficient (Wildman–Crippen LogP) is 4.76. The zero-order valence-electron chi connectivity index (χ0n) is 19.4. The Bertz CT molecular complexity index is 1020. The molecule has 33 heavy (non-hydrogen) atoms. The molecule has 2 atom stereocenters. The van der Waals surface area contributed by atoms with Crippen molar-refractivity contribution in [2.24, 2.45) is 5.92 Å². The normalized spacial score (nSPS) is 21.8. The summed E-state index contributed by atoms with van der Waals surface area (Å²) < 4.78 is 5.18. The van der Waals surface area contributed by atoms with Gasteiger partial charge in [-0.15, -0.1) is 0 Å². The van der Waals surface area contributed by atoms with Gasteiger partial charge in [-0.3, -0.25) is 9.69 Å². The van der Waals surface area contributed by atoms with E-state index in [2.05, 4.69) is 10.2 Å². The standard InChI is InChI=1S/C27H33N3O3/c1-33-23-11-8-19(9-12-23)18-28-27(32)30-16-14-21-17-22(10-13-25(21)30)26(31)29-15-4-6-20-5-2-3-7-24(20)29/h8-13,17,20,24H,2-7,14-16,18H2,1H3,(H,28,32)/t20-,24-/m1/s1. The van der Waals surface area contributed by atoms with Gasteiger partial charge < -0.3 is 15.0 Å². The maximum Gasteiger partial charge on any atom is 0.322 e. The summed E-state index contributed by atoms with van der Waals surface area (Å²) in [4.78, 5) is 30.2. The van der Waals surface area contributed by atoms with Crippen molar-refractivity contribution in [1.29, 1.82) is 0 Å². The number of methoxy groups -OCH3 is 1. The van der Waals surface area contributed by atoms with Crippen molar-refractivity contribution >= 4 is 17.6 Å². The molecule has 0 radical (unpaired) electrons. The van der Waals surface area contributed by atoms with Crippen LogP contribution in [0.1, 0.15) is 60.0 Å². The van der Waals surface area contributed by atoms with Crippen LogP contribution < -0.4 is 15.0 Å². The fourth-order valence-corrected chi connectivity index (χ4v) is 5.80. The second-order valence-corrected chi connectivity index (χ2v) is 9.50. The summed E-state index contributed by atoms with van der Waals surface area (Å²) in [6, 6.07) is 13.9. The van der Waals surface area contributed by atoms with Crippen molar-refractivity contribution in [2.75, 3.05) is 25.1 Å². The number of benzene rings is 2. The summed E-state index contributed by atoms with van der Waals surface area (Å²) in [6.45, 7) is 1.97. The Labute approximate surface area is 195 Å². The van der Waals surface area contributed by atoms with Gasteiger partial charge in [-0.1, -0.05) is 25.0 Å². The molecule has 2 fully saturated rings. The third-order valence-corrected chi connectivity index (χ3v) is 7.57. The zero-order valence-corrected chi connectivity index (χ0v) is 19.4. The number of nitrogens with zero attached hydrogens (tertiary/aromatic N) is 2. The average molecular weight is 448 g/mol. The fraction of sp³-hybridized carbons (Fsp3) is 0.481. The molecule has 1 aliphatic carbocycles. The number of ether oxygens (including phenoxy) is 1. The highest BCUT2D eigenvalue weighted by atomic mass is 16.5. The number of rotatable bonds is 4. The zero-order chi connectivity index (χ0) is 22.8. The van der Waals surface area contributed by atoms with Crippen LogP contribution >= 0.6 is 0 Å². The highest BCUT2D eigenvalue weighted by molar-refractivity contribution is 5.98. The van der Waals surface area contributed by atoms with Gasteiger partial charge in [0.05, 0.1) is 7.11 Å². The number of piperidine rings is 1. The molecule has 1 N–H and O–H groups in total. The Morgan fingerprint density at radius 1 is 1.00 bits per heavy atom. The lowest BCUT2D eigenvalue weighted by atomic mass is 9.78. The number of hydrogen-bond acceptors (Lipinski definition) is 3. The molecule has 2 aromatic carbocycles. The number of anilines is 1. The molecule has 6 heteroatoms. The molecular formula is C27H33N3O3. The Hall–Kier alpha value is -3.02. The van der Waals surface area contributed by atoms with E-state index in [1.165, 1.54) is 25.7 Å². The summed E-state index contributed by atoms with van der Waals surface area (Å²) in [7, 11) is 1.64. The molecule has 5 rings (SSSR count). The Balaban J connectivity index is 1.24. The first-order chi connectivity index (χ1) is 16.1. The van der Waals surface area contributed by atoms with Crippen LogP contribution in [0.5, 0.6) is 5.75 Å². The van der Waals surface area contributed by atoms with Crippen LogP contribution in [0.3, 0.4) is 0 Å². The largest absolute Gasteiger partial charge is 0.497 e. The van der Waals surface area contributed by atoms with Gasteiger partial charge in [-0.2, -0.15) is 0 Å². The lowest BCUT2D eigenvalue weighted by molar-refractivity contribution is 0.0390. The molecule has 2 heterocycles. The van der Waals surface area contributed by atoms with E-state index in [-0.39, 0.29) is 11.9 Å². The molecule has 1 saturated carbocycles. The van der Waals surface area contributed by atoms with Crippen molar-refractivity contribution < 1.29 is 14.3 Å². The van der Waals surface area contributed by atoms with Crippen molar-refractivity contribution in [3.63, 3.8) is 0 Å². The van der Waals surface area contributed by atoms with Crippen molar-refractivity contribution in [1.82, 2.24) is 10.2 Å². The van der Waals surface area contributed by atoms with E-state index in [9.17, 15) is 9.59 Å². The van der Waals surface area contributed by atoms with Gasteiger partial charge >= 0.3 is 6.03 Å². The molecule has 3 amide bonds. The molecule has 174 valence electrons. The minimum Gasteiger partial charge on any atom is -0.497 e. The smallest absolute Gasteiger partial charge is 0.322 e. The highest BCUT2D eigenvalue weighted by Crippen LogP contribution is 2.36. The lowest BCUT2D eigenvalue weighted by Crippen LogP contribution is -2.49. The number of hydrogen-bond donors (Lipinski definition) is 1. The van der Waals surface area contributed by atoms with Gasteiger partial charge in [-0.25, -0.2) is 4.79 Å². The van der Waals surface area contributed by atoms with E-state index in [1.54, 1.807) is 12.0 Å². The third-order valence-electron chi connectivity index (χ3n) is 7.57. The third kappa shape index (κ3) is 4.43. The van der Waals surface area contributed by atoms with Crippen molar-refractivity contribution in [3.05, 3.63) is 59.2 Å². The van der Waals surface area contributed by atoms with Crippen molar-refractivity contribution in [2.45, 2.75) is 57.5 Å². The van der Waals surface area contributed by atoms with Gasteiger partial charge in [0.25, 0.3) is 5.91 Å². The predicted molar refractivity (Wildman–Crippen MR) is 129 cm³/mol. The molecule has 0 bridgehead atoms. The minimum atomic E-state index is -0.107. The second-order valence-electron chi connectivity index (χ2n) is 9.50. The summed E-state index contributed by atoms with van der Waals surface area (Å²) in [5.74, 6) is 1.64. The molecule has 3 aliphatic rings. The van der Waals surface area contributed by atoms with E-state index in [0.29, 0.717) is 25.0 Å². The molecule has 0 spiro atoms. The molecule has 0 unspecified atom stereocenters. The first kappa shape index (κ1) is 21.8. The molecule has 2 aromatic rings. The van der Waals surface area contributed by atoms with E-state index in [0.717, 1.165) is 53.9 Å². The summed E-state index contributed by atoms with van der Waals surface area (Å²) in [5, 5.41) is 3.01. The summed E-state index contributed by atoms with van der Waals surface area (Å²) in [6.07, 6.45) is 8.09. The van der Waals surface area contributed by atoms with Crippen LogP contribution in [0.15, 0.2) is 42.5 Å². The van der Waals surface area contributed by atoms with Gasteiger partial charge in [0, 0.05) is 36.9 Å². The minimum absolute atomic E-state index is 0.107. The number of fused-ring (bicyclic) bond motifs is 2. The van der Waals surface area contributed by atoms with Crippen LogP contribution in [-0.4, -0.2) is 43.1 Å². The lowest BCUT2D eigenvalue weighted by Gasteiger charge is -2.44. The first-order valence-corrected chi connectivity index (χ1v) is 12.3. The van der Waals surface area contributed by atoms with E-state index < -0.39 is 0 Å². The summed E-state index contributed by atoms with van der Waals surface area (Å²) >= 11 is 0. The van der Waals surface area contributed by atoms with E-state index in [1.807, 2.05) is 42.5 Å². The maximum absolute atomic E-state index is 13.4. The van der Waals surface area contributed by atoms with Gasteiger partial charge in [-0.05, 0) is 79.5 Å². The Morgan fingerprint density at radius 3 is 2.61 bits per heavy atom. The van der Waals surface area contributed by atoms with E-state index >= 15 is 0 Å². The number of urea groups is 1. The number of carbonyl (C=O) groups is 2. The Morgan fingerprint density at radius 2 is 1.79 bits per heavy atom. The average Bonchev–Trinajstić information content (AvgIpc) is 3.30. The summed E-state index contributed by atoms with van der Waals surface area (Å²) in [5.41, 5.74) is 3.78. The Kier molecular flexibility index (Phi) is 6.25. The number of carbonyl (C=O) groups excluding carboxylic acids is 2. The quantitative estimate of drug-likeness (QED) is 0.735. The van der Waals surface area contributed by atoms with Gasteiger partial charge in [0.1, 0.15) is 5.75 Å². The van der Waals surface area contributed by atoms with Crippen molar-refractivity contribution in [3.8, 4) is 5.75 Å². The highest BCUT2D eigenvalue weighted by Gasteiger charge is 2.36. The van der Waals surface area contributed by atoms with Crippen LogP contribution in [-0.2, 0) is 13.0 Å². The molecule has 2 aliphatic heterocycles. The first-order valence-electron chi connectivity index (χ1n) is 12.3. The van der Waals surface area contributed by atoms with Gasteiger partial charge in [0.2, 0.25) is 0 Å². The molecule has 0 aromatic heterocycles. The number of likely N-dealkylation sites (tertiary alicyclic amines) is 1. The molecular weight excluding hydrogens is 414 g/mol. The second kappa shape index (κ2) is 9.46. The van der Waals surface area contributed by atoms with Gasteiger partial charge in [0.15, 0.2) is 0 Å². The van der Waals surface area contributed by atoms with Crippen LogP contribution in [0, 0.1) is 5.92 Å². The molecule has 6 nitrogen and oxygen atoms in total. The SMILES string of the molecule is COc1ccc(CNC(=O)N2CCc3cc(C(=O)N4CCC[C@H]5CCCC[C@H]54)ccc32)cc1. The fourth-order valence-electron chi connectivity index (χ4n) is 5.80. The monoisotopic (exact) mass is 447 g/mol. The molecule has 1 saturated heterocycles. The number of nitrogens with one attached hydrogen (secondary N) is 1.